The van der Waals surface area contributed by atoms with Gasteiger partial charge in [-0.05, 0) is 65.4 Å². The second kappa shape index (κ2) is 11.9. The van der Waals surface area contributed by atoms with Gasteiger partial charge in [0.05, 0.1) is 13.7 Å². The number of aliphatic imine (C=N–C) groups is 1. The molecule has 164 valence electrons. The second-order valence-corrected chi connectivity index (χ2v) is 7.81. The molecule has 2 unspecified atom stereocenters. The van der Waals surface area contributed by atoms with Gasteiger partial charge in [0.15, 0.2) is 5.96 Å². The molecule has 6 heteroatoms. The largest absolute Gasteiger partial charge is 0.496 e. The number of ether oxygens (including phenoxy) is 2. The molecule has 0 saturated carbocycles. The summed E-state index contributed by atoms with van der Waals surface area (Å²) in [6, 6.07) is 4.55. The van der Waals surface area contributed by atoms with Crippen molar-refractivity contribution in [2.75, 3.05) is 33.3 Å². The van der Waals surface area contributed by atoms with Gasteiger partial charge in [0.25, 0.3) is 0 Å². The van der Waals surface area contributed by atoms with E-state index >= 15 is 0 Å². The zero-order chi connectivity index (χ0) is 21.2. The molecule has 0 aliphatic carbocycles. The van der Waals surface area contributed by atoms with Gasteiger partial charge in [-0.1, -0.05) is 13.8 Å². The van der Waals surface area contributed by atoms with Crippen molar-refractivity contribution in [1.29, 1.82) is 0 Å². The molecule has 0 fully saturated rings. The van der Waals surface area contributed by atoms with E-state index in [1.807, 2.05) is 0 Å². The summed E-state index contributed by atoms with van der Waals surface area (Å²) in [4.78, 5) is 7.27. The first kappa shape index (κ1) is 23.3. The van der Waals surface area contributed by atoms with E-state index in [0.29, 0.717) is 12.6 Å². The van der Waals surface area contributed by atoms with E-state index in [2.05, 4.69) is 62.3 Å². The zero-order valence-electron chi connectivity index (χ0n) is 19.2. The lowest BCUT2D eigenvalue weighted by Crippen LogP contribution is -2.42. The van der Waals surface area contributed by atoms with Gasteiger partial charge in [0, 0.05) is 30.1 Å². The molecule has 1 heterocycles. The van der Waals surface area contributed by atoms with Gasteiger partial charge < -0.3 is 25.0 Å². The van der Waals surface area contributed by atoms with Gasteiger partial charge in [0.1, 0.15) is 17.6 Å². The summed E-state index contributed by atoms with van der Waals surface area (Å²) in [6.45, 7) is 15.6. The Kier molecular flexibility index (Phi) is 9.58. The maximum Gasteiger partial charge on any atom is 0.191 e. The molecule has 29 heavy (non-hydrogen) atoms. The monoisotopic (exact) mass is 404 g/mol. The first-order valence-corrected chi connectivity index (χ1v) is 11.1. The molecular formula is C23H40N4O2. The highest BCUT2D eigenvalue weighted by Crippen LogP contribution is 2.35. The fourth-order valence-electron chi connectivity index (χ4n) is 3.75. The highest BCUT2D eigenvalue weighted by atomic mass is 16.5. The predicted molar refractivity (Wildman–Crippen MR) is 121 cm³/mol. The third-order valence-corrected chi connectivity index (χ3v) is 5.44. The molecular weight excluding hydrogens is 364 g/mol. The SMILES string of the molecule is CCNC(=NCc1cc2c(cc1OC)CC(C)O2)NC(C)CCCN(CC)CC. The molecule has 0 saturated heterocycles. The van der Waals surface area contributed by atoms with Crippen LogP contribution in [0.4, 0.5) is 0 Å². The summed E-state index contributed by atoms with van der Waals surface area (Å²) in [5.74, 6) is 2.69. The fourth-order valence-corrected chi connectivity index (χ4v) is 3.75. The third-order valence-electron chi connectivity index (χ3n) is 5.44. The van der Waals surface area contributed by atoms with Crippen LogP contribution >= 0.6 is 0 Å². The Morgan fingerprint density at radius 1 is 1.31 bits per heavy atom. The molecule has 2 N–H and O–H groups in total. The number of rotatable bonds is 11. The number of benzene rings is 1. The van der Waals surface area contributed by atoms with Crippen LogP contribution in [0.3, 0.4) is 0 Å². The molecule has 1 aliphatic heterocycles. The Morgan fingerprint density at radius 2 is 2.07 bits per heavy atom. The molecule has 0 amide bonds. The molecule has 0 bridgehead atoms. The summed E-state index contributed by atoms with van der Waals surface area (Å²) in [5.41, 5.74) is 2.26. The first-order valence-electron chi connectivity index (χ1n) is 11.1. The number of methoxy groups -OCH3 is 1. The zero-order valence-corrected chi connectivity index (χ0v) is 19.2. The highest BCUT2D eigenvalue weighted by molar-refractivity contribution is 5.80. The number of nitrogens with zero attached hydrogens (tertiary/aromatic N) is 2. The summed E-state index contributed by atoms with van der Waals surface area (Å²) >= 11 is 0. The first-order chi connectivity index (χ1) is 14.0. The maximum absolute atomic E-state index is 5.91. The topological polar surface area (TPSA) is 58.1 Å². The predicted octanol–water partition coefficient (Wildman–Crippen LogP) is 3.58. The van der Waals surface area contributed by atoms with Crippen molar-refractivity contribution in [2.45, 2.75) is 72.6 Å². The molecule has 1 aromatic carbocycles. The van der Waals surface area contributed by atoms with Crippen molar-refractivity contribution in [3.63, 3.8) is 0 Å². The van der Waals surface area contributed by atoms with Crippen molar-refractivity contribution < 1.29 is 9.47 Å². The number of hydrogen-bond acceptors (Lipinski definition) is 4. The average molecular weight is 405 g/mol. The van der Waals surface area contributed by atoms with E-state index < -0.39 is 0 Å². The van der Waals surface area contributed by atoms with Crippen LogP contribution in [0.2, 0.25) is 0 Å². The second-order valence-electron chi connectivity index (χ2n) is 7.81. The number of fused-ring (bicyclic) bond motifs is 1. The normalized spacial score (nSPS) is 17.1. The van der Waals surface area contributed by atoms with Gasteiger partial charge in [-0.3, -0.25) is 0 Å². The lowest BCUT2D eigenvalue weighted by Gasteiger charge is -2.21. The van der Waals surface area contributed by atoms with Crippen LogP contribution in [-0.2, 0) is 13.0 Å². The molecule has 2 rings (SSSR count). The minimum absolute atomic E-state index is 0.227. The molecule has 0 aromatic heterocycles. The van der Waals surface area contributed by atoms with E-state index in [9.17, 15) is 0 Å². The quantitative estimate of drug-likeness (QED) is 0.436. The summed E-state index contributed by atoms with van der Waals surface area (Å²) in [7, 11) is 1.72. The number of nitrogens with one attached hydrogen (secondary N) is 2. The van der Waals surface area contributed by atoms with E-state index in [-0.39, 0.29) is 6.10 Å². The van der Waals surface area contributed by atoms with E-state index in [1.165, 1.54) is 12.0 Å². The highest BCUT2D eigenvalue weighted by Gasteiger charge is 2.21. The van der Waals surface area contributed by atoms with Crippen molar-refractivity contribution >= 4 is 5.96 Å². The molecule has 0 radical (unpaired) electrons. The summed E-state index contributed by atoms with van der Waals surface area (Å²) in [6.07, 6.45) is 3.47. The Morgan fingerprint density at radius 3 is 2.72 bits per heavy atom. The Balaban J connectivity index is 1.97. The van der Waals surface area contributed by atoms with Crippen molar-refractivity contribution in [3.05, 3.63) is 23.3 Å². The van der Waals surface area contributed by atoms with Crippen LogP contribution in [-0.4, -0.2) is 56.3 Å². The van der Waals surface area contributed by atoms with Gasteiger partial charge in [0.2, 0.25) is 0 Å². The van der Waals surface area contributed by atoms with Crippen molar-refractivity contribution in [2.24, 2.45) is 4.99 Å². The third kappa shape index (κ3) is 7.11. The van der Waals surface area contributed by atoms with Crippen LogP contribution in [0.15, 0.2) is 17.1 Å². The Labute approximate surface area is 177 Å². The summed E-state index contributed by atoms with van der Waals surface area (Å²) < 4.78 is 11.5. The van der Waals surface area contributed by atoms with Gasteiger partial charge in [-0.2, -0.15) is 0 Å². The number of hydrogen-bond donors (Lipinski definition) is 2. The van der Waals surface area contributed by atoms with Crippen LogP contribution in [0.25, 0.3) is 0 Å². The lowest BCUT2D eigenvalue weighted by atomic mass is 10.1. The van der Waals surface area contributed by atoms with Crippen LogP contribution < -0.4 is 20.1 Å². The maximum atomic E-state index is 5.91. The molecule has 0 spiro atoms. The van der Waals surface area contributed by atoms with Crippen molar-refractivity contribution in [1.82, 2.24) is 15.5 Å². The molecule has 2 atom stereocenters. The van der Waals surface area contributed by atoms with Crippen LogP contribution in [0.5, 0.6) is 11.5 Å². The smallest absolute Gasteiger partial charge is 0.191 e. The fraction of sp³-hybridized carbons (Fsp3) is 0.696. The van der Waals surface area contributed by atoms with E-state index in [1.54, 1.807) is 7.11 Å². The van der Waals surface area contributed by atoms with Crippen LogP contribution in [0, 0.1) is 0 Å². The lowest BCUT2D eigenvalue weighted by molar-refractivity contribution is 0.254. The number of guanidine groups is 1. The van der Waals surface area contributed by atoms with Gasteiger partial charge in [-0.15, -0.1) is 0 Å². The Hall–Kier alpha value is -1.95. The van der Waals surface area contributed by atoms with E-state index in [4.69, 9.17) is 14.5 Å². The molecule has 1 aliphatic rings. The molecule has 1 aromatic rings. The van der Waals surface area contributed by atoms with E-state index in [0.717, 1.165) is 62.0 Å². The standard InChI is InChI=1S/C23H40N4O2/c1-7-24-23(26-17(4)11-10-12-27(8-2)9-3)25-16-20-15-22-19(13-18(5)29-22)14-21(20)28-6/h14-15,17-18H,7-13,16H2,1-6H3,(H2,24,25,26). The van der Waals surface area contributed by atoms with Gasteiger partial charge >= 0.3 is 0 Å². The Bertz CT molecular complexity index is 659. The minimum Gasteiger partial charge on any atom is -0.496 e. The summed E-state index contributed by atoms with van der Waals surface area (Å²) in [5, 5.41) is 6.90. The van der Waals surface area contributed by atoms with Crippen molar-refractivity contribution in [3.8, 4) is 11.5 Å². The average Bonchev–Trinajstić information content (AvgIpc) is 3.07. The van der Waals surface area contributed by atoms with Crippen LogP contribution in [0.1, 0.15) is 58.6 Å². The minimum atomic E-state index is 0.227. The van der Waals surface area contributed by atoms with Gasteiger partial charge in [-0.25, -0.2) is 4.99 Å². The molecule has 6 nitrogen and oxygen atoms in total.